The van der Waals surface area contributed by atoms with Crippen molar-refractivity contribution in [2.75, 3.05) is 44.2 Å². The molecule has 0 atom stereocenters. The smallest absolute Gasteiger partial charge is 0.225 e. The number of hydrogen-bond donors (Lipinski definition) is 1. The van der Waals surface area contributed by atoms with Gasteiger partial charge in [-0.3, -0.25) is 4.90 Å². The molecule has 3 rings (SSSR count). The summed E-state index contributed by atoms with van der Waals surface area (Å²) in [5.74, 6) is 0.792. The van der Waals surface area contributed by atoms with Gasteiger partial charge < -0.3 is 10.2 Å². The van der Waals surface area contributed by atoms with Crippen molar-refractivity contribution >= 4 is 17.5 Å². The van der Waals surface area contributed by atoms with Crippen LogP contribution < -0.4 is 10.2 Å². The Balaban J connectivity index is 1.55. The lowest BCUT2D eigenvalue weighted by atomic mass is 10.1. The molecule has 0 aliphatic carbocycles. The maximum atomic E-state index is 5.77. The van der Waals surface area contributed by atoms with Gasteiger partial charge >= 0.3 is 0 Å². The van der Waals surface area contributed by atoms with Crippen molar-refractivity contribution in [1.29, 1.82) is 0 Å². The third-order valence-electron chi connectivity index (χ3n) is 3.42. The van der Waals surface area contributed by atoms with Crippen LogP contribution in [-0.4, -0.2) is 60.2 Å². The van der Waals surface area contributed by atoms with Gasteiger partial charge in [-0.05, 0) is 0 Å². The van der Waals surface area contributed by atoms with Gasteiger partial charge in [-0.15, -0.1) is 0 Å². The Kier molecular flexibility index (Phi) is 3.13. The molecule has 0 aromatic carbocycles. The van der Waals surface area contributed by atoms with E-state index in [1.54, 1.807) is 12.4 Å². The van der Waals surface area contributed by atoms with Crippen LogP contribution >= 0.6 is 11.6 Å². The topological polar surface area (TPSA) is 44.3 Å². The Morgan fingerprint density at radius 3 is 2.47 bits per heavy atom. The van der Waals surface area contributed by atoms with Gasteiger partial charge in [0.2, 0.25) is 5.95 Å². The normalized spacial score (nSPS) is 22.5. The number of nitrogens with one attached hydrogen (secondary N) is 1. The Bertz CT molecular complexity index is 370. The Labute approximate surface area is 106 Å². The van der Waals surface area contributed by atoms with Crippen LogP contribution in [0.1, 0.15) is 0 Å². The molecule has 1 aromatic rings. The average molecular weight is 254 g/mol. The molecule has 2 aliphatic rings. The number of hydrogen-bond acceptors (Lipinski definition) is 5. The van der Waals surface area contributed by atoms with E-state index >= 15 is 0 Å². The van der Waals surface area contributed by atoms with Crippen molar-refractivity contribution in [2.45, 2.75) is 6.04 Å². The van der Waals surface area contributed by atoms with Gasteiger partial charge in [0.15, 0.2) is 0 Å². The molecule has 92 valence electrons. The van der Waals surface area contributed by atoms with Gasteiger partial charge in [0.1, 0.15) is 0 Å². The third-order valence-corrected chi connectivity index (χ3v) is 3.61. The van der Waals surface area contributed by atoms with Crippen LogP contribution in [0, 0.1) is 0 Å². The van der Waals surface area contributed by atoms with Crippen molar-refractivity contribution in [3.63, 3.8) is 0 Å². The van der Waals surface area contributed by atoms with E-state index in [0.29, 0.717) is 11.1 Å². The van der Waals surface area contributed by atoms with E-state index in [1.807, 2.05) is 0 Å². The highest BCUT2D eigenvalue weighted by Crippen LogP contribution is 2.20. The first kappa shape index (κ1) is 11.2. The zero-order valence-corrected chi connectivity index (χ0v) is 10.4. The molecular formula is C11H16ClN5. The van der Waals surface area contributed by atoms with Gasteiger partial charge in [-0.1, -0.05) is 11.6 Å². The highest BCUT2D eigenvalue weighted by atomic mass is 35.5. The number of piperazine rings is 1. The Hall–Kier alpha value is -0.910. The van der Waals surface area contributed by atoms with Crippen LogP contribution in [0.25, 0.3) is 0 Å². The quantitative estimate of drug-likeness (QED) is 0.817. The molecule has 2 saturated heterocycles. The molecule has 17 heavy (non-hydrogen) atoms. The largest absolute Gasteiger partial charge is 0.338 e. The van der Waals surface area contributed by atoms with E-state index in [0.717, 1.165) is 45.2 Å². The number of halogens is 1. The van der Waals surface area contributed by atoms with Crippen molar-refractivity contribution < 1.29 is 0 Å². The summed E-state index contributed by atoms with van der Waals surface area (Å²) in [5.41, 5.74) is 0. The first-order valence-electron chi connectivity index (χ1n) is 6.00. The van der Waals surface area contributed by atoms with Crippen molar-refractivity contribution in [1.82, 2.24) is 20.2 Å². The van der Waals surface area contributed by atoms with Gasteiger partial charge in [-0.25, -0.2) is 9.97 Å². The maximum Gasteiger partial charge on any atom is 0.225 e. The molecule has 0 spiro atoms. The lowest BCUT2D eigenvalue weighted by Crippen LogP contribution is -2.63. The molecule has 0 bridgehead atoms. The molecule has 0 unspecified atom stereocenters. The zero-order valence-electron chi connectivity index (χ0n) is 9.64. The molecule has 3 heterocycles. The summed E-state index contributed by atoms with van der Waals surface area (Å²) in [6.07, 6.45) is 3.31. The minimum absolute atomic E-state index is 0.591. The van der Waals surface area contributed by atoms with Crippen LogP contribution in [0.4, 0.5) is 5.95 Å². The fraction of sp³-hybridized carbons (Fsp3) is 0.636. The molecule has 6 heteroatoms. The summed E-state index contributed by atoms with van der Waals surface area (Å²) in [7, 11) is 0. The molecule has 0 saturated carbocycles. The van der Waals surface area contributed by atoms with E-state index in [2.05, 4.69) is 25.1 Å². The summed E-state index contributed by atoms with van der Waals surface area (Å²) in [6.45, 7) is 6.57. The molecule has 1 N–H and O–H groups in total. The van der Waals surface area contributed by atoms with Gasteiger partial charge in [0.05, 0.1) is 17.4 Å². The van der Waals surface area contributed by atoms with Gasteiger partial charge in [-0.2, -0.15) is 0 Å². The zero-order chi connectivity index (χ0) is 11.7. The third kappa shape index (κ3) is 2.36. The minimum atomic E-state index is 0.591. The van der Waals surface area contributed by atoms with E-state index in [-0.39, 0.29) is 0 Å². The van der Waals surface area contributed by atoms with Crippen molar-refractivity contribution in [3.8, 4) is 0 Å². The summed E-state index contributed by atoms with van der Waals surface area (Å²) >= 11 is 5.77. The van der Waals surface area contributed by atoms with Gasteiger partial charge in [0.25, 0.3) is 0 Å². The van der Waals surface area contributed by atoms with Crippen LogP contribution in [0.2, 0.25) is 5.02 Å². The van der Waals surface area contributed by atoms with Gasteiger partial charge in [0, 0.05) is 45.3 Å². The lowest BCUT2D eigenvalue weighted by Gasteiger charge is -2.46. The SMILES string of the molecule is Clc1cnc(N2CC(N3CCNCC3)C2)nc1. The Morgan fingerprint density at radius 2 is 1.82 bits per heavy atom. The number of anilines is 1. The van der Waals surface area contributed by atoms with Crippen LogP contribution in [0.5, 0.6) is 0 Å². The minimum Gasteiger partial charge on any atom is -0.338 e. The van der Waals surface area contributed by atoms with E-state index in [4.69, 9.17) is 11.6 Å². The second-order valence-electron chi connectivity index (χ2n) is 4.55. The predicted molar refractivity (Wildman–Crippen MR) is 67.5 cm³/mol. The highest BCUT2D eigenvalue weighted by molar-refractivity contribution is 6.30. The molecular weight excluding hydrogens is 238 g/mol. The van der Waals surface area contributed by atoms with Crippen LogP contribution in [-0.2, 0) is 0 Å². The van der Waals surface area contributed by atoms with Crippen LogP contribution in [0.3, 0.4) is 0 Å². The molecule has 2 aliphatic heterocycles. The number of nitrogens with zero attached hydrogens (tertiary/aromatic N) is 4. The molecule has 2 fully saturated rings. The molecule has 5 nitrogen and oxygen atoms in total. The highest BCUT2D eigenvalue weighted by Gasteiger charge is 2.33. The number of rotatable bonds is 2. The molecule has 1 aromatic heterocycles. The summed E-state index contributed by atoms with van der Waals surface area (Å²) in [6, 6.07) is 0.663. The van der Waals surface area contributed by atoms with Crippen molar-refractivity contribution in [2.24, 2.45) is 0 Å². The van der Waals surface area contributed by atoms with E-state index in [9.17, 15) is 0 Å². The fourth-order valence-corrected chi connectivity index (χ4v) is 2.46. The fourth-order valence-electron chi connectivity index (χ4n) is 2.37. The number of aromatic nitrogens is 2. The molecule has 0 radical (unpaired) electrons. The second kappa shape index (κ2) is 4.76. The predicted octanol–water partition coefficient (Wildman–Crippen LogP) is 0.224. The second-order valence-corrected chi connectivity index (χ2v) is 4.98. The summed E-state index contributed by atoms with van der Waals surface area (Å²) in [5, 5.41) is 3.96. The monoisotopic (exact) mass is 253 g/mol. The van der Waals surface area contributed by atoms with Crippen molar-refractivity contribution in [3.05, 3.63) is 17.4 Å². The Morgan fingerprint density at radius 1 is 1.18 bits per heavy atom. The maximum absolute atomic E-state index is 5.77. The average Bonchev–Trinajstić information content (AvgIpc) is 2.31. The lowest BCUT2D eigenvalue weighted by molar-refractivity contribution is 0.146. The summed E-state index contributed by atoms with van der Waals surface area (Å²) in [4.78, 5) is 13.2. The first-order valence-corrected chi connectivity index (χ1v) is 6.38. The van der Waals surface area contributed by atoms with Crippen LogP contribution in [0.15, 0.2) is 12.4 Å². The summed E-state index contributed by atoms with van der Waals surface area (Å²) < 4.78 is 0. The standard InChI is InChI=1S/C11H16ClN5/c12-9-5-14-11(15-6-9)17-7-10(8-17)16-3-1-13-2-4-16/h5-6,10,13H,1-4,7-8H2. The van der Waals surface area contributed by atoms with E-state index < -0.39 is 0 Å². The molecule has 0 amide bonds. The first-order chi connectivity index (χ1) is 8.33. The van der Waals surface area contributed by atoms with E-state index in [1.165, 1.54) is 0 Å².